The van der Waals surface area contributed by atoms with Gasteiger partial charge in [0.25, 0.3) is 10.0 Å². The number of carbonyl (C=O) groups excluding carboxylic acids is 2. The molecule has 4 aromatic rings. The van der Waals surface area contributed by atoms with Crippen molar-refractivity contribution in [3.05, 3.63) is 120 Å². The second-order valence-corrected chi connectivity index (χ2v) is 13.2. The average molecular weight is 646 g/mol. The SMILES string of the molecule is CCNC(=O)[C@@H](Cc1ccccc1)N(Cc1cccc(OC)c1)C(=O)CN(c1ccc(C)cc1)S(=O)(=O)c1ccc(SC)cc1. The van der Waals surface area contributed by atoms with Crippen LogP contribution in [0.5, 0.6) is 5.75 Å². The van der Waals surface area contributed by atoms with Gasteiger partial charge in [-0.25, -0.2) is 8.42 Å². The first-order chi connectivity index (χ1) is 21.7. The summed E-state index contributed by atoms with van der Waals surface area (Å²) in [4.78, 5) is 30.6. The molecule has 0 bridgehead atoms. The largest absolute Gasteiger partial charge is 0.497 e. The molecule has 0 saturated carbocycles. The highest BCUT2D eigenvalue weighted by Crippen LogP contribution is 2.27. The fourth-order valence-electron chi connectivity index (χ4n) is 4.93. The number of thioether (sulfide) groups is 1. The van der Waals surface area contributed by atoms with Gasteiger partial charge in [-0.3, -0.25) is 13.9 Å². The molecule has 8 nitrogen and oxygen atoms in total. The Kier molecular flexibility index (Phi) is 11.7. The van der Waals surface area contributed by atoms with Gasteiger partial charge in [0.2, 0.25) is 11.8 Å². The van der Waals surface area contributed by atoms with E-state index in [1.165, 1.54) is 16.7 Å². The van der Waals surface area contributed by atoms with Gasteiger partial charge >= 0.3 is 0 Å². The van der Waals surface area contributed by atoms with Gasteiger partial charge in [-0.2, -0.15) is 0 Å². The highest BCUT2D eigenvalue weighted by Gasteiger charge is 2.34. The van der Waals surface area contributed by atoms with E-state index in [2.05, 4.69) is 5.32 Å². The van der Waals surface area contributed by atoms with Crippen molar-refractivity contribution in [3.8, 4) is 5.75 Å². The van der Waals surface area contributed by atoms with Gasteiger partial charge in [0, 0.05) is 24.4 Å². The number of anilines is 1. The molecule has 0 radical (unpaired) electrons. The summed E-state index contributed by atoms with van der Waals surface area (Å²) >= 11 is 1.51. The monoisotopic (exact) mass is 645 g/mol. The molecule has 2 amide bonds. The number of nitrogens with one attached hydrogen (secondary N) is 1. The van der Waals surface area contributed by atoms with Crippen molar-refractivity contribution in [2.45, 2.75) is 42.6 Å². The van der Waals surface area contributed by atoms with Crippen molar-refractivity contribution in [2.24, 2.45) is 0 Å². The minimum absolute atomic E-state index is 0.0644. The number of aryl methyl sites for hydroxylation is 1. The van der Waals surface area contributed by atoms with Gasteiger partial charge in [-0.05, 0) is 79.8 Å². The molecular formula is C35H39N3O5S2. The molecule has 0 aromatic heterocycles. The van der Waals surface area contributed by atoms with Gasteiger partial charge in [0.05, 0.1) is 17.7 Å². The molecule has 0 aliphatic carbocycles. The summed E-state index contributed by atoms with van der Waals surface area (Å²) in [7, 11) is -2.60. The van der Waals surface area contributed by atoms with Crippen LogP contribution in [0.15, 0.2) is 113 Å². The zero-order valence-electron chi connectivity index (χ0n) is 26.0. The maximum Gasteiger partial charge on any atom is 0.264 e. The molecule has 0 saturated heterocycles. The highest BCUT2D eigenvalue weighted by molar-refractivity contribution is 7.98. The lowest BCUT2D eigenvalue weighted by Crippen LogP contribution is -2.53. The predicted molar refractivity (Wildman–Crippen MR) is 180 cm³/mol. The van der Waals surface area contributed by atoms with Crippen molar-refractivity contribution in [3.63, 3.8) is 0 Å². The molecule has 0 aliphatic rings. The number of amides is 2. The normalized spacial score (nSPS) is 11.8. The molecule has 0 aliphatic heterocycles. The Bertz CT molecular complexity index is 1680. The number of hydrogen-bond acceptors (Lipinski definition) is 6. The van der Waals surface area contributed by atoms with Gasteiger partial charge in [0.15, 0.2) is 0 Å². The molecule has 0 heterocycles. The maximum absolute atomic E-state index is 14.5. The van der Waals surface area contributed by atoms with E-state index in [0.717, 1.165) is 25.9 Å². The van der Waals surface area contributed by atoms with E-state index in [1.54, 1.807) is 67.8 Å². The van der Waals surface area contributed by atoms with Crippen LogP contribution in [0.3, 0.4) is 0 Å². The minimum atomic E-state index is -4.16. The van der Waals surface area contributed by atoms with Crippen molar-refractivity contribution < 1.29 is 22.7 Å². The topological polar surface area (TPSA) is 96.0 Å². The zero-order valence-corrected chi connectivity index (χ0v) is 27.6. The first-order valence-corrected chi connectivity index (χ1v) is 17.3. The third-order valence-corrected chi connectivity index (χ3v) is 9.89. The molecule has 1 atom stereocenters. The number of rotatable bonds is 14. The van der Waals surface area contributed by atoms with E-state index >= 15 is 0 Å². The minimum Gasteiger partial charge on any atom is -0.497 e. The Morgan fingerprint density at radius 3 is 2.18 bits per heavy atom. The van der Waals surface area contributed by atoms with Crippen LogP contribution in [0.4, 0.5) is 5.69 Å². The number of methoxy groups -OCH3 is 1. The van der Waals surface area contributed by atoms with Gasteiger partial charge < -0.3 is 15.0 Å². The van der Waals surface area contributed by atoms with Gasteiger partial charge in [0.1, 0.15) is 18.3 Å². The summed E-state index contributed by atoms with van der Waals surface area (Å²) in [5.41, 5.74) is 2.91. The Labute approximate surface area is 270 Å². The fourth-order valence-corrected chi connectivity index (χ4v) is 6.75. The lowest BCUT2D eigenvalue weighted by Gasteiger charge is -2.34. The van der Waals surface area contributed by atoms with Crippen LogP contribution in [-0.2, 0) is 32.6 Å². The van der Waals surface area contributed by atoms with Crippen LogP contribution in [0, 0.1) is 6.92 Å². The van der Waals surface area contributed by atoms with E-state index in [0.29, 0.717) is 18.0 Å². The number of hydrogen-bond donors (Lipinski definition) is 1. The van der Waals surface area contributed by atoms with Crippen molar-refractivity contribution in [1.29, 1.82) is 0 Å². The van der Waals surface area contributed by atoms with E-state index < -0.39 is 28.5 Å². The number of sulfonamides is 1. The molecule has 10 heteroatoms. The van der Waals surface area contributed by atoms with Crippen molar-refractivity contribution in [1.82, 2.24) is 10.2 Å². The van der Waals surface area contributed by atoms with Crippen LogP contribution >= 0.6 is 11.8 Å². The highest BCUT2D eigenvalue weighted by atomic mass is 32.2. The molecule has 0 spiro atoms. The Morgan fingerprint density at radius 2 is 1.56 bits per heavy atom. The summed E-state index contributed by atoms with van der Waals surface area (Å²) in [6, 6.07) is 29.4. The second-order valence-electron chi connectivity index (χ2n) is 10.5. The molecule has 4 rings (SSSR count). The third kappa shape index (κ3) is 8.67. The number of nitrogens with zero attached hydrogens (tertiary/aromatic N) is 2. The number of likely N-dealkylation sites (N-methyl/N-ethyl adjacent to an activating group) is 1. The Balaban J connectivity index is 1.80. The standard InChI is InChI=1S/C35H39N3O5S2/c1-5-36-35(40)33(23-27-10-7-6-8-11-27)37(24-28-12-9-13-30(22-28)43-3)34(39)25-38(29-16-14-26(2)15-17-29)45(41,42)32-20-18-31(44-4)19-21-32/h6-22,33H,5,23-25H2,1-4H3,(H,36,40)/t33-/m1/s1. The molecule has 236 valence electrons. The van der Waals surface area contributed by atoms with E-state index in [1.807, 2.05) is 62.6 Å². The van der Waals surface area contributed by atoms with Crippen molar-refractivity contribution >= 4 is 39.3 Å². The Morgan fingerprint density at radius 1 is 0.889 bits per heavy atom. The number of benzene rings is 4. The van der Waals surface area contributed by atoms with Gasteiger partial charge in [-0.1, -0.05) is 60.2 Å². The molecule has 0 unspecified atom stereocenters. The van der Waals surface area contributed by atoms with Gasteiger partial charge in [-0.15, -0.1) is 11.8 Å². The van der Waals surface area contributed by atoms with Crippen LogP contribution in [0.2, 0.25) is 0 Å². The number of ether oxygens (including phenoxy) is 1. The zero-order chi connectivity index (χ0) is 32.4. The average Bonchev–Trinajstić information content (AvgIpc) is 3.06. The molecule has 4 aromatic carbocycles. The smallest absolute Gasteiger partial charge is 0.264 e. The molecule has 45 heavy (non-hydrogen) atoms. The first-order valence-electron chi connectivity index (χ1n) is 14.6. The molecular weight excluding hydrogens is 607 g/mol. The van der Waals surface area contributed by atoms with Crippen LogP contribution in [0.25, 0.3) is 0 Å². The maximum atomic E-state index is 14.5. The van der Waals surface area contributed by atoms with Crippen LogP contribution < -0.4 is 14.4 Å². The molecule has 0 fully saturated rings. The lowest BCUT2D eigenvalue weighted by atomic mass is 10.0. The van der Waals surface area contributed by atoms with E-state index in [9.17, 15) is 18.0 Å². The van der Waals surface area contributed by atoms with E-state index in [4.69, 9.17) is 4.74 Å². The summed E-state index contributed by atoms with van der Waals surface area (Å²) < 4.78 is 34.9. The van der Waals surface area contributed by atoms with Crippen LogP contribution in [0.1, 0.15) is 23.6 Å². The predicted octanol–water partition coefficient (Wildman–Crippen LogP) is 5.70. The Hall–Kier alpha value is -4.28. The fraction of sp³-hybridized carbons (Fsp3) is 0.257. The third-order valence-electron chi connectivity index (χ3n) is 7.36. The summed E-state index contributed by atoms with van der Waals surface area (Å²) in [5.74, 6) is -0.236. The van der Waals surface area contributed by atoms with E-state index in [-0.39, 0.29) is 23.8 Å². The molecule has 1 N–H and O–H groups in total. The summed E-state index contributed by atoms with van der Waals surface area (Å²) in [6.45, 7) is 3.66. The quantitative estimate of drug-likeness (QED) is 0.177. The first kappa shape index (κ1) is 33.6. The number of carbonyl (C=O) groups is 2. The summed E-state index contributed by atoms with van der Waals surface area (Å²) in [5, 5.41) is 2.88. The summed E-state index contributed by atoms with van der Waals surface area (Å²) in [6.07, 6.45) is 2.16. The lowest BCUT2D eigenvalue weighted by molar-refractivity contribution is -0.140. The second kappa shape index (κ2) is 15.6. The van der Waals surface area contributed by atoms with Crippen LogP contribution in [-0.4, -0.2) is 57.6 Å². The van der Waals surface area contributed by atoms with Crippen molar-refractivity contribution in [2.75, 3.05) is 30.8 Å².